The fourth-order valence-corrected chi connectivity index (χ4v) is 2.63. The van der Waals surface area contributed by atoms with E-state index in [1.165, 1.54) is 0 Å². The molecule has 0 unspecified atom stereocenters. The number of aromatic amines is 1. The maximum Gasteiger partial charge on any atom is 0.335 e. The number of nitrogens with one attached hydrogen (secondary N) is 1. The van der Waals surface area contributed by atoms with Crippen LogP contribution < -0.4 is 0 Å². The smallest absolute Gasteiger partial charge is 0.335 e. The number of halogens is 1. The van der Waals surface area contributed by atoms with Crippen molar-refractivity contribution in [3.8, 4) is 5.69 Å². The van der Waals surface area contributed by atoms with E-state index in [1.54, 1.807) is 28.8 Å². The molecule has 0 saturated carbocycles. The molecular weight excluding hydrogens is 334 g/mol. The molecule has 0 fully saturated rings. The minimum Gasteiger partial charge on any atom is -0.478 e. The van der Waals surface area contributed by atoms with Crippen molar-refractivity contribution in [1.82, 2.24) is 14.8 Å². The summed E-state index contributed by atoms with van der Waals surface area (Å²) in [5.41, 5.74) is 2.03. The molecule has 0 bridgehead atoms. The third kappa shape index (κ3) is 3.33. The lowest BCUT2D eigenvalue weighted by atomic mass is 10.1. The van der Waals surface area contributed by atoms with E-state index < -0.39 is 5.97 Å². The van der Waals surface area contributed by atoms with Gasteiger partial charge in [0, 0.05) is 17.1 Å². The largest absolute Gasteiger partial charge is 0.478 e. The Hall–Kier alpha value is -2.44. The number of hydrogen-bond acceptors (Lipinski definition) is 3. The van der Waals surface area contributed by atoms with Crippen LogP contribution in [-0.4, -0.2) is 25.8 Å². The Balaban J connectivity index is 1.96. The van der Waals surface area contributed by atoms with Crippen LogP contribution in [0.2, 0.25) is 5.02 Å². The first kappa shape index (κ1) is 15.5. The molecule has 2 N–H and O–H groups in total. The molecule has 23 heavy (non-hydrogen) atoms. The van der Waals surface area contributed by atoms with Gasteiger partial charge < -0.3 is 5.11 Å². The number of aromatic nitrogens is 3. The highest BCUT2D eigenvalue weighted by Gasteiger charge is 2.10. The molecule has 5 nitrogen and oxygen atoms in total. The molecule has 0 amide bonds. The topological polar surface area (TPSA) is 70.9 Å². The van der Waals surface area contributed by atoms with E-state index in [2.05, 4.69) is 10.2 Å². The molecular formula is C16H12ClN3O2S. The van der Waals surface area contributed by atoms with E-state index in [0.717, 1.165) is 17.1 Å². The van der Waals surface area contributed by atoms with Crippen LogP contribution in [-0.2, 0) is 6.42 Å². The molecule has 1 aromatic heterocycles. The Kier molecular flexibility index (Phi) is 4.27. The van der Waals surface area contributed by atoms with E-state index in [0.29, 0.717) is 16.2 Å². The van der Waals surface area contributed by atoms with Gasteiger partial charge in [0.05, 0.1) is 5.56 Å². The van der Waals surface area contributed by atoms with Crippen molar-refractivity contribution in [3.05, 3.63) is 75.3 Å². The molecule has 0 aliphatic carbocycles. The number of hydrogen-bond donors (Lipinski definition) is 2. The quantitative estimate of drug-likeness (QED) is 0.704. The number of rotatable bonds is 4. The molecule has 0 atom stereocenters. The van der Waals surface area contributed by atoms with Gasteiger partial charge in [-0.05, 0) is 54.2 Å². The predicted octanol–water partition coefficient (Wildman–Crippen LogP) is 3.87. The second-order valence-corrected chi connectivity index (χ2v) is 5.76. The zero-order chi connectivity index (χ0) is 16.4. The summed E-state index contributed by atoms with van der Waals surface area (Å²) in [6.07, 6.45) is 0.574. The maximum atomic E-state index is 10.9. The lowest BCUT2D eigenvalue weighted by Gasteiger charge is -2.07. The molecule has 2 aromatic carbocycles. The van der Waals surface area contributed by atoms with Crippen LogP contribution in [0.15, 0.2) is 48.5 Å². The lowest BCUT2D eigenvalue weighted by molar-refractivity contribution is 0.0697. The number of H-pyrrole nitrogens is 1. The predicted molar refractivity (Wildman–Crippen MR) is 90.0 cm³/mol. The first-order valence-corrected chi connectivity index (χ1v) is 7.57. The molecule has 0 spiro atoms. The third-order valence-electron chi connectivity index (χ3n) is 3.39. The van der Waals surface area contributed by atoms with Crippen molar-refractivity contribution in [2.75, 3.05) is 0 Å². The minimum absolute atomic E-state index is 0.225. The second-order valence-electron chi connectivity index (χ2n) is 4.94. The lowest BCUT2D eigenvalue weighted by Crippen LogP contribution is -2.03. The molecule has 116 valence electrons. The molecule has 7 heteroatoms. The van der Waals surface area contributed by atoms with Gasteiger partial charge in [0.15, 0.2) is 4.77 Å². The van der Waals surface area contributed by atoms with Crippen LogP contribution in [0.1, 0.15) is 21.7 Å². The fraction of sp³-hybridized carbons (Fsp3) is 0.0625. The number of carboxylic acid groups (broad SMARTS) is 1. The number of benzene rings is 2. The SMILES string of the molecule is O=C(O)c1ccc(-n2c(Cc3ccc(Cl)cc3)n[nH]c2=S)cc1. The summed E-state index contributed by atoms with van der Waals surface area (Å²) >= 11 is 11.2. The molecule has 0 saturated heterocycles. The molecule has 3 rings (SSSR count). The first-order chi connectivity index (χ1) is 11.0. The Morgan fingerprint density at radius 1 is 1.17 bits per heavy atom. The van der Waals surface area contributed by atoms with Crippen molar-refractivity contribution >= 4 is 29.8 Å². The van der Waals surface area contributed by atoms with Gasteiger partial charge in [0.2, 0.25) is 0 Å². The molecule has 3 aromatic rings. The van der Waals surface area contributed by atoms with Crippen molar-refractivity contribution in [1.29, 1.82) is 0 Å². The zero-order valence-electron chi connectivity index (χ0n) is 11.9. The van der Waals surface area contributed by atoms with Gasteiger partial charge in [0.1, 0.15) is 5.82 Å². The van der Waals surface area contributed by atoms with E-state index in [1.807, 2.05) is 24.3 Å². The fourth-order valence-electron chi connectivity index (χ4n) is 2.25. The summed E-state index contributed by atoms with van der Waals surface area (Å²) in [6.45, 7) is 0. The summed E-state index contributed by atoms with van der Waals surface area (Å²) in [6, 6.07) is 14.0. The summed E-state index contributed by atoms with van der Waals surface area (Å²) < 4.78 is 2.24. The molecule has 0 aliphatic heterocycles. The van der Waals surface area contributed by atoms with Gasteiger partial charge in [-0.2, -0.15) is 5.10 Å². The highest BCUT2D eigenvalue weighted by atomic mass is 35.5. The Morgan fingerprint density at radius 2 is 1.83 bits per heavy atom. The van der Waals surface area contributed by atoms with Gasteiger partial charge in [-0.3, -0.25) is 9.67 Å². The number of carbonyl (C=O) groups is 1. The van der Waals surface area contributed by atoms with Crippen LogP contribution >= 0.6 is 23.8 Å². The van der Waals surface area contributed by atoms with Crippen molar-refractivity contribution in [2.45, 2.75) is 6.42 Å². The molecule has 1 heterocycles. The Bertz CT molecular complexity index is 898. The van der Waals surface area contributed by atoms with E-state index in [9.17, 15) is 4.79 Å². The van der Waals surface area contributed by atoms with Gasteiger partial charge in [-0.25, -0.2) is 4.79 Å². The monoisotopic (exact) mass is 345 g/mol. The van der Waals surface area contributed by atoms with Crippen LogP contribution in [0, 0.1) is 4.77 Å². The van der Waals surface area contributed by atoms with E-state index in [-0.39, 0.29) is 5.56 Å². The average Bonchev–Trinajstić information content (AvgIpc) is 2.90. The van der Waals surface area contributed by atoms with E-state index in [4.69, 9.17) is 28.9 Å². The maximum absolute atomic E-state index is 10.9. The summed E-state index contributed by atoms with van der Waals surface area (Å²) in [5, 5.41) is 16.7. The number of nitrogens with zero attached hydrogens (tertiary/aromatic N) is 2. The molecule has 0 aliphatic rings. The third-order valence-corrected chi connectivity index (χ3v) is 3.92. The Labute approximate surface area is 142 Å². The van der Waals surface area contributed by atoms with Crippen LogP contribution in [0.3, 0.4) is 0 Å². The highest BCUT2D eigenvalue weighted by Crippen LogP contribution is 2.17. The van der Waals surface area contributed by atoms with Gasteiger partial charge in [0.25, 0.3) is 0 Å². The van der Waals surface area contributed by atoms with Gasteiger partial charge in [-0.15, -0.1) is 0 Å². The number of carboxylic acids is 1. The van der Waals surface area contributed by atoms with Crippen LogP contribution in [0.5, 0.6) is 0 Å². The number of aromatic carboxylic acids is 1. The zero-order valence-corrected chi connectivity index (χ0v) is 13.4. The van der Waals surface area contributed by atoms with Crippen LogP contribution in [0.25, 0.3) is 5.69 Å². The second kappa shape index (κ2) is 6.36. The van der Waals surface area contributed by atoms with E-state index >= 15 is 0 Å². The minimum atomic E-state index is -0.964. The summed E-state index contributed by atoms with van der Waals surface area (Å²) in [5.74, 6) is -0.228. The van der Waals surface area contributed by atoms with Crippen molar-refractivity contribution < 1.29 is 9.90 Å². The average molecular weight is 346 g/mol. The van der Waals surface area contributed by atoms with Crippen molar-refractivity contribution in [2.24, 2.45) is 0 Å². The van der Waals surface area contributed by atoms with Crippen LogP contribution in [0.4, 0.5) is 0 Å². The summed E-state index contributed by atoms with van der Waals surface area (Å²) in [7, 11) is 0. The normalized spacial score (nSPS) is 10.7. The summed E-state index contributed by atoms with van der Waals surface area (Å²) in [4.78, 5) is 10.9. The highest BCUT2D eigenvalue weighted by molar-refractivity contribution is 7.71. The van der Waals surface area contributed by atoms with Crippen molar-refractivity contribution in [3.63, 3.8) is 0 Å². The first-order valence-electron chi connectivity index (χ1n) is 6.79. The Morgan fingerprint density at radius 3 is 2.43 bits per heavy atom. The standard InChI is InChI=1S/C16H12ClN3O2S/c17-12-5-1-10(2-6-12)9-14-18-19-16(23)20(14)13-7-3-11(4-8-13)15(21)22/h1-8H,9H2,(H,19,23)(H,21,22). The van der Waals surface area contributed by atoms with Gasteiger partial charge >= 0.3 is 5.97 Å². The van der Waals surface area contributed by atoms with Gasteiger partial charge in [-0.1, -0.05) is 23.7 Å². The molecule has 0 radical (unpaired) electrons.